The van der Waals surface area contributed by atoms with Crippen LogP contribution in [0.25, 0.3) is 0 Å². The molecule has 0 aromatic heterocycles. The Balaban J connectivity index is 0.000000204. The van der Waals surface area contributed by atoms with Gasteiger partial charge in [0, 0.05) is 22.5 Å². The van der Waals surface area contributed by atoms with E-state index in [2.05, 4.69) is 113 Å². The Morgan fingerprint density at radius 3 is 1.32 bits per heavy atom. The molecule has 0 amide bonds. The van der Waals surface area contributed by atoms with Crippen LogP contribution in [-0.2, 0) is 26.0 Å². The second-order valence-corrected chi connectivity index (χ2v) is 10.7. The average molecular weight is 511 g/mol. The standard InChI is InChI=1S/C24H26.C9H8O5/c1-23(2,19-11-7-5-8-12-19)21-15-17-22(18-16-21)24(3,4)20-13-9-6-10-14-20;10-6-1-5(2-7(11)3-6)9(4-14-9)8(12)13/h5-18H,1-4H3;1-3,10-11H,4H2,(H,12,13). The van der Waals surface area contributed by atoms with Gasteiger partial charge in [0.05, 0.1) is 6.61 Å². The van der Waals surface area contributed by atoms with Crippen molar-refractivity contribution in [2.24, 2.45) is 0 Å². The van der Waals surface area contributed by atoms with Gasteiger partial charge in [-0.2, -0.15) is 0 Å². The number of carboxylic acids is 1. The molecular formula is C33H34O5. The van der Waals surface area contributed by atoms with Gasteiger partial charge in [0.25, 0.3) is 0 Å². The number of carboxylic acid groups (broad SMARTS) is 1. The highest BCUT2D eigenvalue weighted by molar-refractivity contribution is 5.82. The molecule has 5 rings (SSSR count). The van der Waals surface area contributed by atoms with Gasteiger partial charge in [-0.3, -0.25) is 0 Å². The quantitative estimate of drug-likeness (QED) is 0.250. The molecule has 38 heavy (non-hydrogen) atoms. The molecule has 0 aliphatic carbocycles. The second-order valence-electron chi connectivity index (χ2n) is 10.7. The summed E-state index contributed by atoms with van der Waals surface area (Å²) in [6.07, 6.45) is 0. The fourth-order valence-corrected chi connectivity index (χ4v) is 4.66. The Hall–Kier alpha value is -4.09. The number of hydrogen-bond donors (Lipinski definition) is 3. The van der Waals surface area contributed by atoms with Gasteiger partial charge in [0.15, 0.2) is 0 Å². The molecule has 1 fully saturated rings. The highest BCUT2D eigenvalue weighted by Gasteiger charge is 2.54. The minimum absolute atomic E-state index is 0.0106. The Labute approximate surface area is 224 Å². The summed E-state index contributed by atoms with van der Waals surface area (Å²) in [7, 11) is 0. The molecule has 0 spiro atoms. The van der Waals surface area contributed by atoms with Crippen LogP contribution < -0.4 is 0 Å². The predicted octanol–water partition coefficient (Wildman–Crippen LogP) is 6.75. The van der Waals surface area contributed by atoms with Crippen LogP contribution >= 0.6 is 0 Å². The van der Waals surface area contributed by atoms with E-state index in [1.165, 1.54) is 34.4 Å². The summed E-state index contributed by atoms with van der Waals surface area (Å²) in [6, 6.07) is 34.2. The lowest BCUT2D eigenvalue weighted by molar-refractivity contribution is -0.143. The van der Waals surface area contributed by atoms with Gasteiger partial charge in [0.1, 0.15) is 11.5 Å². The van der Waals surface area contributed by atoms with Crippen molar-refractivity contribution in [3.05, 3.63) is 131 Å². The molecule has 0 radical (unpaired) electrons. The van der Waals surface area contributed by atoms with Gasteiger partial charge in [-0.25, -0.2) is 4.79 Å². The van der Waals surface area contributed by atoms with Gasteiger partial charge >= 0.3 is 5.97 Å². The van der Waals surface area contributed by atoms with Gasteiger partial charge in [-0.1, -0.05) is 113 Å². The lowest BCUT2D eigenvalue weighted by atomic mass is 9.75. The predicted molar refractivity (Wildman–Crippen MR) is 149 cm³/mol. The summed E-state index contributed by atoms with van der Waals surface area (Å²) < 4.78 is 4.83. The van der Waals surface area contributed by atoms with Crippen LogP contribution in [0.15, 0.2) is 103 Å². The van der Waals surface area contributed by atoms with E-state index in [1.807, 2.05) is 0 Å². The number of hydrogen-bond acceptors (Lipinski definition) is 4. The first-order chi connectivity index (χ1) is 18.0. The minimum Gasteiger partial charge on any atom is -0.508 e. The van der Waals surface area contributed by atoms with Crippen LogP contribution in [0.1, 0.15) is 55.5 Å². The third-order valence-electron chi connectivity index (χ3n) is 7.47. The van der Waals surface area contributed by atoms with E-state index in [4.69, 9.17) is 20.1 Å². The first-order valence-electron chi connectivity index (χ1n) is 12.6. The van der Waals surface area contributed by atoms with E-state index >= 15 is 0 Å². The molecule has 1 aliphatic rings. The molecule has 196 valence electrons. The fraction of sp³-hybridized carbons (Fsp3) is 0.242. The Bertz CT molecular complexity index is 1300. The van der Waals surface area contributed by atoms with Gasteiger partial charge in [-0.05, 0) is 34.4 Å². The zero-order valence-electron chi connectivity index (χ0n) is 22.2. The Kier molecular flexibility index (Phi) is 7.34. The minimum atomic E-state index is -1.38. The molecular weight excluding hydrogens is 476 g/mol. The molecule has 0 bridgehead atoms. The second kappa shape index (κ2) is 10.3. The van der Waals surface area contributed by atoms with Crippen molar-refractivity contribution in [3.8, 4) is 11.5 Å². The van der Waals surface area contributed by atoms with E-state index in [9.17, 15) is 4.79 Å². The largest absolute Gasteiger partial charge is 0.508 e. The van der Waals surface area contributed by atoms with E-state index in [0.29, 0.717) is 0 Å². The van der Waals surface area contributed by atoms with Crippen LogP contribution in [0.2, 0.25) is 0 Å². The number of ether oxygens (including phenoxy) is 1. The fourth-order valence-electron chi connectivity index (χ4n) is 4.66. The third-order valence-corrected chi connectivity index (χ3v) is 7.47. The van der Waals surface area contributed by atoms with E-state index in [0.717, 1.165) is 6.07 Å². The molecule has 0 saturated carbocycles. The van der Waals surface area contributed by atoms with Crippen molar-refractivity contribution in [2.45, 2.75) is 44.1 Å². The van der Waals surface area contributed by atoms with Gasteiger partial charge in [0.2, 0.25) is 5.60 Å². The van der Waals surface area contributed by atoms with Crippen molar-refractivity contribution in [3.63, 3.8) is 0 Å². The maximum atomic E-state index is 10.8. The monoisotopic (exact) mass is 510 g/mol. The highest BCUT2D eigenvalue weighted by Crippen LogP contribution is 2.41. The van der Waals surface area contributed by atoms with Crippen molar-refractivity contribution in [2.75, 3.05) is 6.61 Å². The number of phenolic OH excluding ortho intramolecular Hbond substituents is 2. The van der Waals surface area contributed by atoms with Gasteiger partial charge in [-0.15, -0.1) is 0 Å². The van der Waals surface area contributed by atoms with E-state index in [1.54, 1.807) is 0 Å². The summed E-state index contributed by atoms with van der Waals surface area (Å²) in [5.41, 5.74) is 4.29. The molecule has 5 nitrogen and oxygen atoms in total. The highest BCUT2D eigenvalue weighted by atomic mass is 16.6. The van der Waals surface area contributed by atoms with Crippen molar-refractivity contribution < 1.29 is 24.9 Å². The smallest absolute Gasteiger partial charge is 0.343 e. The molecule has 4 aromatic carbocycles. The summed E-state index contributed by atoms with van der Waals surface area (Å²) >= 11 is 0. The first-order valence-corrected chi connectivity index (χ1v) is 12.6. The number of epoxide rings is 1. The molecule has 1 heterocycles. The SMILES string of the molecule is CC(C)(c1ccccc1)c1ccc(C(C)(C)c2ccccc2)cc1.O=C(O)C1(c2cc(O)cc(O)c2)CO1. The zero-order valence-corrected chi connectivity index (χ0v) is 22.2. The summed E-state index contributed by atoms with van der Waals surface area (Å²) in [6.45, 7) is 9.23. The number of carbonyl (C=O) groups is 1. The molecule has 1 aliphatic heterocycles. The molecule has 4 aromatic rings. The van der Waals surface area contributed by atoms with Crippen molar-refractivity contribution >= 4 is 5.97 Å². The summed E-state index contributed by atoms with van der Waals surface area (Å²) in [5, 5.41) is 27.2. The lowest BCUT2D eigenvalue weighted by Gasteiger charge is -2.29. The Morgan fingerprint density at radius 1 is 0.658 bits per heavy atom. The van der Waals surface area contributed by atoms with Crippen LogP contribution in [0.5, 0.6) is 11.5 Å². The summed E-state index contributed by atoms with van der Waals surface area (Å²) in [5.74, 6) is -1.49. The zero-order chi connectivity index (χ0) is 27.6. The normalized spacial score (nSPS) is 16.7. The van der Waals surface area contributed by atoms with Crippen LogP contribution in [-0.4, -0.2) is 27.9 Å². The number of benzene rings is 4. The van der Waals surface area contributed by atoms with E-state index in [-0.39, 0.29) is 34.5 Å². The maximum absolute atomic E-state index is 10.8. The third kappa shape index (κ3) is 5.43. The first kappa shape index (κ1) is 27.0. The van der Waals surface area contributed by atoms with Crippen LogP contribution in [0.3, 0.4) is 0 Å². The molecule has 1 unspecified atom stereocenters. The lowest BCUT2D eigenvalue weighted by Crippen LogP contribution is -2.21. The average Bonchev–Trinajstić information content (AvgIpc) is 3.72. The molecule has 1 atom stereocenters. The van der Waals surface area contributed by atoms with E-state index < -0.39 is 11.6 Å². The summed E-state index contributed by atoms with van der Waals surface area (Å²) in [4.78, 5) is 10.8. The molecule has 1 saturated heterocycles. The maximum Gasteiger partial charge on any atom is 0.343 e. The van der Waals surface area contributed by atoms with Gasteiger partial charge < -0.3 is 20.1 Å². The van der Waals surface area contributed by atoms with Crippen LogP contribution in [0, 0.1) is 0 Å². The number of aliphatic carboxylic acids is 1. The molecule has 5 heteroatoms. The topological polar surface area (TPSA) is 90.3 Å². The van der Waals surface area contributed by atoms with Crippen LogP contribution in [0.4, 0.5) is 0 Å². The van der Waals surface area contributed by atoms with Crippen molar-refractivity contribution in [1.82, 2.24) is 0 Å². The molecule has 3 N–H and O–H groups in total. The Morgan fingerprint density at radius 2 is 1.00 bits per heavy atom. The van der Waals surface area contributed by atoms with Crippen molar-refractivity contribution in [1.29, 1.82) is 0 Å². The number of aromatic hydroxyl groups is 2. The number of rotatable bonds is 6. The number of phenols is 2.